The van der Waals surface area contributed by atoms with E-state index in [1.807, 2.05) is 44.4 Å². The number of fused-ring (bicyclic) bond motifs is 3. The number of halogens is 1. The summed E-state index contributed by atoms with van der Waals surface area (Å²) in [7, 11) is 0. The van der Waals surface area contributed by atoms with Gasteiger partial charge in [-0.25, -0.2) is 9.97 Å². The molecule has 386 valence electrons. The molecule has 73 heavy (non-hydrogen) atoms. The smallest absolute Gasteiger partial charge is 0.246 e. The average molecular weight is 1020 g/mol. The first-order valence-electron chi connectivity index (χ1n) is 25.9. The number of nitrogens with one attached hydrogen (secondary N) is 3. The summed E-state index contributed by atoms with van der Waals surface area (Å²) in [5.41, 5.74) is 3.98. The van der Waals surface area contributed by atoms with Crippen molar-refractivity contribution in [3.63, 3.8) is 0 Å². The van der Waals surface area contributed by atoms with Gasteiger partial charge >= 0.3 is 0 Å². The van der Waals surface area contributed by atoms with Crippen molar-refractivity contribution >= 4 is 52.5 Å². The lowest BCUT2D eigenvalue weighted by molar-refractivity contribution is -0.145. The van der Waals surface area contributed by atoms with E-state index in [0.717, 1.165) is 114 Å². The second-order valence-electron chi connectivity index (χ2n) is 21.7. The molecule has 2 aromatic heterocycles. The topological polar surface area (TPSA) is 216 Å². The molecule has 4 atom stereocenters. The van der Waals surface area contributed by atoms with Crippen LogP contribution in [0.15, 0.2) is 60.9 Å². The Morgan fingerprint density at radius 3 is 2.40 bits per heavy atom. The van der Waals surface area contributed by atoms with Crippen molar-refractivity contribution in [1.82, 2.24) is 40.6 Å². The molecular weight excluding hydrogens is 948 g/mol. The van der Waals surface area contributed by atoms with Crippen molar-refractivity contribution in [3.8, 4) is 29.4 Å². The first-order valence-corrected chi connectivity index (χ1v) is 26.2. The fraction of sp³-hybridized carbons (Fsp3) is 0.537. The highest BCUT2D eigenvalue weighted by Gasteiger charge is 2.50. The molecule has 5 fully saturated rings. The van der Waals surface area contributed by atoms with Crippen LogP contribution >= 0.6 is 11.6 Å². The molecule has 2 saturated carbocycles. The number of aliphatic hydroxyl groups excluding tert-OH is 2. The zero-order chi connectivity index (χ0) is 51.0. The van der Waals surface area contributed by atoms with E-state index in [-0.39, 0.29) is 61.6 Å². The van der Waals surface area contributed by atoms with Gasteiger partial charge in [0.1, 0.15) is 17.8 Å². The van der Waals surface area contributed by atoms with Crippen LogP contribution in [0.2, 0.25) is 5.02 Å². The predicted octanol–water partition coefficient (Wildman–Crippen LogP) is 4.03. The van der Waals surface area contributed by atoms with E-state index in [2.05, 4.69) is 51.7 Å². The van der Waals surface area contributed by atoms with Crippen molar-refractivity contribution in [2.24, 2.45) is 16.7 Å². The Hall–Kier alpha value is -6.26. The van der Waals surface area contributed by atoms with Crippen LogP contribution in [-0.4, -0.2) is 159 Å². The Morgan fingerprint density at radius 1 is 0.945 bits per heavy atom. The number of aliphatic hydroxyl groups is 2. The second kappa shape index (κ2) is 20.9. The molecule has 6 heterocycles. The van der Waals surface area contributed by atoms with Crippen LogP contribution in [0.5, 0.6) is 5.75 Å². The maximum atomic E-state index is 14.4. The minimum Gasteiger partial charge on any atom is -0.507 e. The summed E-state index contributed by atoms with van der Waals surface area (Å²) in [5, 5.41) is 49.8. The number of benzene rings is 2. The lowest BCUT2D eigenvalue weighted by Crippen LogP contribution is -2.60. The van der Waals surface area contributed by atoms with Gasteiger partial charge in [-0.05, 0) is 91.7 Å². The Bertz CT molecular complexity index is 2710. The Balaban J connectivity index is 0.680. The third-order valence-electron chi connectivity index (χ3n) is 16.7. The van der Waals surface area contributed by atoms with Gasteiger partial charge < -0.3 is 50.9 Å². The van der Waals surface area contributed by atoms with Gasteiger partial charge in [0.25, 0.3) is 0 Å². The summed E-state index contributed by atoms with van der Waals surface area (Å²) >= 11 is 6.40. The van der Waals surface area contributed by atoms with Crippen molar-refractivity contribution < 1.29 is 29.7 Å². The van der Waals surface area contributed by atoms with Crippen molar-refractivity contribution in [3.05, 3.63) is 77.1 Å². The molecule has 0 bridgehead atoms. The number of carbonyl (C=O) groups is 3. The number of para-hydroxylation sites is 1. The third-order valence-corrected chi connectivity index (χ3v) is 17.1. The number of hydrogen-bond donors (Lipinski definition) is 6. The zero-order valence-corrected chi connectivity index (χ0v) is 42.5. The highest BCUT2D eigenvalue weighted by Crippen LogP contribution is 2.54. The molecule has 10 rings (SSSR count). The summed E-state index contributed by atoms with van der Waals surface area (Å²) in [6.07, 6.45) is 14.4. The minimum atomic E-state index is -1.01. The number of amides is 3. The van der Waals surface area contributed by atoms with Crippen molar-refractivity contribution in [1.29, 1.82) is 0 Å². The number of nitrogens with zero attached hydrogens (tertiary/aromatic N) is 9. The lowest BCUT2D eigenvalue weighted by Gasteiger charge is -2.56. The first kappa shape index (κ1) is 50.3. The lowest BCUT2D eigenvalue weighted by atomic mass is 9.56. The molecule has 1 spiro atoms. The van der Waals surface area contributed by atoms with Gasteiger partial charge in [0.05, 0.1) is 41.6 Å². The average Bonchev–Trinajstić information content (AvgIpc) is 3.80. The SMILES string of the molecule is C#Cc1ccc(CNC(=O)[C@@H]2C[C@@H](O)CN2C(=O)[C@H](NC(=O)[C@H]2CCC3(CC2)C[C@H](N2CCN(c4cnc(N5CCN6c7cc(-c8ccccc8O)nnc7NC[C@H]6C5)nc4)CC2)C3)C(C)(C)CCO)c(Cl)c1. The Labute approximate surface area is 431 Å². The maximum Gasteiger partial charge on any atom is 0.246 e. The number of rotatable bonds is 13. The number of hydrogen-bond acceptors (Lipinski definition) is 15. The maximum absolute atomic E-state index is 14.4. The van der Waals surface area contributed by atoms with E-state index < -0.39 is 35.4 Å². The number of piperazine rings is 2. The predicted molar refractivity (Wildman–Crippen MR) is 279 cm³/mol. The molecule has 0 radical (unpaired) electrons. The van der Waals surface area contributed by atoms with Gasteiger partial charge in [0.2, 0.25) is 23.7 Å². The molecule has 3 amide bonds. The summed E-state index contributed by atoms with van der Waals surface area (Å²) < 4.78 is 0. The van der Waals surface area contributed by atoms with Gasteiger partial charge in [-0.3, -0.25) is 19.3 Å². The first-order chi connectivity index (χ1) is 35.2. The normalized spacial score (nSPS) is 25.5. The standard InChI is InChI=1S/C54H67ClN12O6/c1-4-34-9-10-36(42(55)23-34)28-57-50(72)45-24-40(69)33-67(45)51(73)47(53(2,3)15-22-68)60-49(71)35-11-13-54(14-12-35)26-37(27-54)63-16-18-64(19-17-63)38-29-58-52(59-30-38)65-20-21-66-39(32-65)31-56-48-44(66)25-43(61-62-48)41-7-5-6-8-46(41)70/h1,5-10,23,25,29-30,35,37,39-40,45,47,68-70H,11-22,24,26-28,31-33H2,2-3H3,(H,56,62)(H,57,72)(H,60,71)/t35-,37-,39-,40+,45-,47-,54?/m0/s1. The van der Waals surface area contributed by atoms with Gasteiger partial charge in [-0.1, -0.05) is 49.6 Å². The number of aromatic nitrogens is 4. The fourth-order valence-corrected chi connectivity index (χ4v) is 12.5. The summed E-state index contributed by atoms with van der Waals surface area (Å²) in [4.78, 5) is 62.8. The highest BCUT2D eigenvalue weighted by atomic mass is 35.5. The van der Waals surface area contributed by atoms with Crippen LogP contribution in [-0.2, 0) is 20.9 Å². The van der Waals surface area contributed by atoms with Crippen LogP contribution in [0.25, 0.3) is 11.3 Å². The van der Waals surface area contributed by atoms with Gasteiger partial charge in [-0.2, -0.15) is 0 Å². The van der Waals surface area contributed by atoms with E-state index in [1.54, 1.807) is 30.3 Å². The number of phenolic OH excluding ortho intramolecular Hbond substituents is 1. The van der Waals surface area contributed by atoms with Crippen molar-refractivity contribution in [2.75, 3.05) is 85.5 Å². The minimum absolute atomic E-state index is 0.0444. The summed E-state index contributed by atoms with van der Waals surface area (Å²) in [5.74, 6) is 2.89. The zero-order valence-electron chi connectivity index (χ0n) is 41.7. The van der Waals surface area contributed by atoms with Gasteiger partial charge in [0.15, 0.2) is 5.82 Å². The van der Waals surface area contributed by atoms with Crippen LogP contribution in [0.3, 0.4) is 0 Å². The number of β-amino-alcohol motifs (C(OH)–C–C–N with tert-alkyl or cyclic N) is 1. The summed E-state index contributed by atoms with van der Waals surface area (Å²) in [6, 6.07) is 13.1. The number of anilines is 4. The molecule has 2 aromatic carbocycles. The molecule has 18 nitrogen and oxygen atoms in total. The van der Waals surface area contributed by atoms with Gasteiger partial charge in [0, 0.05) is 107 Å². The van der Waals surface area contributed by atoms with E-state index in [0.29, 0.717) is 33.4 Å². The number of carbonyl (C=O) groups excluding carboxylic acids is 3. The molecule has 0 unspecified atom stereocenters. The van der Waals surface area contributed by atoms with Crippen molar-refractivity contribution in [2.45, 2.75) is 102 Å². The molecule has 3 saturated heterocycles. The number of likely N-dealkylation sites (tertiary alicyclic amines) is 1. The quantitative estimate of drug-likeness (QED) is 0.104. The van der Waals surface area contributed by atoms with Crippen LogP contribution in [0.4, 0.5) is 23.1 Å². The van der Waals surface area contributed by atoms with Crippen LogP contribution in [0.1, 0.15) is 76.3 Å². The fourth-order valence-electron chi connectivity index (χ4n) is 12.2. The Morgan fingerprint density at radius 2 is 1.68 bits per heavy atom. The van der Waals surface area contributed by atoms with E-state index in [1.165, 1.54) is 4.90 Å². The monoisotopic (exact) mass is 1010 g/mol. The molecule has 2 aliphatic carbocycles. The number of terminal acetylenes is 1. The molecule has 4 aliphatic heterocycles. The molecular formula is C54H67ClN12O6. The third kappa shape index (κ3) is 10.5. The number of aromatic hydroxyl groups is 1. The van der Waals surface area contributed by atoms with Crippen LogP contribution < -0.4 is 30.7 Å². The van der Waals surface area contributed by atoms with E-state index in [4.69, 9.17) is 28.0 Å². The molecule has 19 heteroatoms. The highest BCUT2D eigenvalue weighted by molar-refractivity contribution is 6.31. The van der Waals surface area contributed by atoms with Gasteiger partial charge in [-0.15, -0.1) is 16.6 Å². The van der Waals surface area contributed by atoms with E-state index >= 15 is 0 Å². The Kier molecular flexibility index (Phi) is 14.4. The molecule has 6 N–H and O–H groups in total. The molecule has 4 aromatic rings. The number of phenols is 1. The van der Waals surface area contributed by atoms with E-state index in [9.17, 15) is 29.7 Å². The van der Waals surface area contributed by atoms with Crippen LogP contribution in [0, 0.1) is 29.1 Å². The largest absolute Gasteiger partial charge is 0.507 e. The molecule has 6 aliphatic rings. The summed E-state index contributed by atoms with van der Waals surface area (Å²) in [6.45, 7) is 10.3. The second-order valence-corrected chi connectivity index (χ2v) is 22.1.